The van der Waals surface area contributed by atoms with E-state index in [9.17, 15) is 4.79 Å². The highest BCUT2D eigenvalue weighted by Crippen LogP contribution is 2.30. The Kier molecular flexibility index (Phi) is 7.25. The molecule has 1 aliphatic carbocycles. The van der Waals surface area contributed by atoms with Crippen LogP contribution in [0.3, 0.4) is 0 Å². The summed E-state index contributed by atoms with van der Waals surface area (Å²) in [5.41, 5.74) is 10.7. The minimum Gasteiger partial charge on any atom is -0.370 e. The van der Waals surface area contributed by atoms with Crippen molar-refractivity contribution in [2.24, 2.45) is 28.3 Å². The highest BCUT2D eigenvalue weighted by Gasteiger charge is 2.30. The Morgan fingerprint density at radius 3 is 2.19 bits per heavy atom. The molecule has 0 aromatic rings. The molecule has 0 unspecified atom stereocenters. The molecule has 2 fully saturated rings. The van der Waals surface area contributed by atoms with Crippen molar-refractivity contribution >= 4 is 24.3 Å². The maximum atomic E-state index is 12.5. The van der Waals surface area contributed by atoms with E-state index in [0.717, 1.165) is 51.9 Å². The molecule has 1 saturated carbocycles. The Balaban J connectivity index is 0.00000220. The van der Waals surface area contributed by atoms with E-state index >= 15 is 0 Å². The van der Waals surface area contributed by atoms with Gasteiger partial charge in [0, 0.05) is 38.6 Å². The van der Waals surface area contributed by atoms with Crippen LogP contribution < -0.4 is 11.5 Å². The largest absolute Gasteiger partial charge is 0.370 e. The highest BCUT2D eigenvalue weighted by molar-refractivity contribution is 5.85. The number of aliphatic imine (C=N–C) groups is 1. The van der Waals surface area contributed by atoms with E-state index in [-0.39, 0.29) is 24.3 Å². The molecule has 4 N–H and O–H groups in total. The predicted molar refractivity (Wildman–Crippen MR) is 87.4 cm³/mol. The Labute approximate surface area is 133 Å². The summed E-state index contributed by atoms with van der Waals surface area (Å²) in [6, 6.07) is 0. The number of amides is 1. The molecule has 122 valence electrons. The van der Waals surface area contributed by atoms with Crippen LogP contribution >= 0.6 is 12.4 Å². The molecule has 1 aliphatic heterocycles. The minimum absolute atomic E-state index is 0. The van der Waals surface area contributed by atoms with E-state index in [1.807, 2.05) is 4.90 Å². The average Bonchev–Trinajstić information content (AvgIpc) is 2.46. The van der Waals surface area contributed by atoms with Crippen LogP contribution in [0.4, 0.5) is 0 Å². The molecular formula is C14H28ClN5O. The van der Waals surface area contributed by atoms with Crippen LogP contribution in [0.2, 0.25) is 0 Å². The number of hydrogen-bond acceptors (Lipinski definition) is 3. The smallest absolute Gasteiger partial charge is 0.225 e. The number of carbonyl (C=O) groups is 1. The van der Waals surface area contributed by atoms with Crippen molar-refractivity contribution in [2.75, 3.05) is 39.8 Å². The third-order valence-corrected chi connectivity index (χ3v) is 4.54. The topological polar surface area (TPSA) is 87.9 Å². The fourth-order valence-electron chi connectivity index (χ4n) is 3.11. The second-order valence-electron chi connectivity index (χ2n) is 6.11. The molecule has 0 radical (unpaired) electrons. The van der Waals surface area contributed by atoms with Crippen molar-refractivity contribution in [3.05, 3.63) is 0 Å². The van der Waals surface area contributed by atoms with Gasteiger partial charge in [-0.05, 0) is 38.6 Å². The number of hydrogen-bond donors (Lipinski definition) is 2. The molecule has 0 aromatic heterocycles. The molecule has 6 nitrogen and oxygen atoms in total. The number of nitrogens with two attached hydrogens (primary N) is 2. The molecule has 21 heavy (non-hydrogen) atoms. The quantitative estimate of drug-likeness (QED) is 0.577. The van der Waals surface area contributed by atoms with Crippen molar-refractivity contribution in [1.29, 1.82) is 0 Å². The van der Waals surface area contributed by atoms with E-state index in [0.29, 0.717) is 18.4 Å². The number of rotatable bonds is 3. The number of guanidine groups is 1. The van der Waals surface area contributed by atoms with Gasteiger partial charge in [-0.15, -0.1) is 12.4 Å². The number of piperazine rings is 1. The van der Waals surface area contributed by atoms with E-state index in [1.54, 1.807) is 0 Å². The summed E-state index contributed by atoms with van der Waals surface area (Å²) in [7, 11) is 2.11. The Hall–Kier alpha value is -1.01. The van der Waals surface area contributed by atoms with E-state index < -0.39 is 0 Å². The molecule has 0 atom stereocenters. The highest BCUT2D eigenvalue weighted by atomic mass is 35.5. The summed E-state index contributed by atoms with van der Waals surface area (Å²) in [5, 5.41) is 0. The predicted octanol–water partition coefficient (Wildman–Crippen LogP) is 0.262. The first-order chi connectivity index (χ1) is 9.56. The standard InChI is InChI=1S/C14H27N5O.ClH/c1-18-6-8-19(9-7-18)13(20)12-4-2-11(3-5-12)10-17-14(15)16;/h11-12H,2-10H2,1H3,(H4,15,16,17);1H. The lowest BCUT2D eigenvalue weighted by Crippen LogP contribution is -2.49. The second-order valence-corrected chi connectivity index (χ2v) is 6.11. The lowest BCUT2D eigenvalue weighted by Gasteiger charge is -2.36. The SMILES string of the molecule is CN1CCN(C(=O)C2CCC(CN=C(N)N)CC2)CC1.Cl. The summed E-state index contributed by atoms with van der Waals surface area (Å²) in [6.45, 7) is 4.45. The minimum atomic E-state index is 0. The summed E-state index contributed by atoms with van der Waals surface area (Å²) in [5.74, 6) is 1.28. The molecule has 1 saturated heterocycles. The Bertz CT molecular complexity index is 356. The van der Waals surface area contributed by atoms with Crippen LogP contribution in [0, 0.1) is 11.8 Å². The first kappa shape index (κ1) is 18.0. The molecule has 1 amide bonds. The number of nitrogens with zero attached hydrogens (tertiary/aromatic N) is 3. The average molecular weight is 318 g/mol. The van der Waals surface area contributed by atoms with Gasteiger partial charge in [0.05, 0.1) is 0 Å². The van der Waals surface area contributed by atoms with Gasteiger partial charge in [-0.2, -0.15) is 0 Å². The number of carbonyl (C=O) groups excluding carboxylic acids is 1. The molecule has 7 heteroatoms. The maximum Gasteiger partial charge on any atom is 0.225 e. The summed E-state index contributed by atoms with van der Waals surface area (Å²) in [6.07, 6.45) is 4.08. The van der Waals surface area contributed by atoms with Gasteiger partial charge in [-0.3, -0.25) is 9.79 Å². The second kappa shape index (κ2) is 8.44. The van der Waals surface area contributed by atoms with Gasteiger partial charge in [0.2, 0.25) is 5.91 Å². The van der Waals surface area contributed by atoms with Gasteiger partial charge >= 0.3 is 0 Å². The normalized spacial score (nSPS) is 26.8. The van der Waals surface area contributed by atoms with Gasteiger partial charge in [-0.1, -0.05) is 0 Å². The van der Waals surface area contributed by atoms with E-state index in [2.05, 4.69) is 16.9 Å². The first-order valence-electron chi connectivity index (χ1n) is 7.59. The van der Waals surface area contributed by atoms with Crippen molar-refractivity contribution in [3.63, 3.8) is 0 Å². The molecule has 1 heterocycles. The van der Waals surface area contributed by atoms with Crippen molar-refractivity contribution < 1.29 is 4.79 Å². The van der Waals surface area contributed by atoms with Crippen molar-refractivity contribution in [1.82, 2.24) is 9.80 Å². The van der Waals surface area contributed by atoms with Gasteiger partial charge in [0.15, 0.2) is 5.96 Å². The van der Waals surface area contributed by atoms with Gasteiger partial charge < -0.3 is 21.3 Å². The third kappa shape index (κ3) is 5.36. The lowest BCUT2D eigenvalue weighted by atomic mass is 9.81. The van der Waals surface area contributed by atoms with Crippen molar-refractivity contribution in [2.45, 2.75) is 25.7 Å². The van der Waals surface area contributed by atoms with Gasteiger partial charge in [0.1, 0.15) is 0 Å². The lowest BCUT2D eigenvalue weighted by molar-refractivity contribution is -0.138. The maximum absolute atomic E-state index is 12.5. The van der Waals surface area contributed by atoms with Crippen LogP contribution in [0.1, 0.15) is 25.7 Å². The van der Waals surface area contributed by atoms with Crippen LogP contribution in [-0.4, -0.2) is 61.4 Å². The van der Waals surface area contributed by atoms with Crippen LogP contribution in [0.25, 0.3) is 0 Å². The zero-order chi connectivity index (χ0) is 14.5. The zero-order valence-electron chi connectivity index (χ0n) is 12.8. The Morgan fingerprint density at radius 2 is 1.67 bits per heavy atom. The molecule has 0 bridgehead atoms. The summed E-state index contributed by atoms with van der Waals surface area (Å²) >= 11 is 0. The van der Waals surface area contributed by atoms with Gasteiger partial charge in [0.25, 0.3) is 0 Å². The first-order valence-corrected chi connectivity index (χ1v) is 7.59. The zero-order valence-corrected chi connectivity index (χ0v) is 13.6. The van der Waals surface area contributed by atoms with Crippen molar-refractivity contribution in [3.8, 4) is 0 Å². The fraction of sp³-hybridized carbons (Fsp3) is 0.857. The number of halogens is 1. The van der Waals surface area contributed by atoms with Crippen LogP contribution in [0.15, 0.2) is 4.99 Å². The van der Waals surface area contributed by atoms with Crippen LogP contribution in [-0.2, 0) is 4.79 Å². The van der Waals surface area contributed by atoms with Crippen LogP contribution in [0.5, 0.6) is 0 Å². The van der Waals surface area contributed by atoms with E-state index in [1.165, 1.54) is 0 Å². The Morgan fingerprint density at radius 1 is 1.10 bits per heavy atom. The van der Waals surface area contributed by atoms with Gasteiger partial charge in [-0.25, -0.2) is 0 Å². The third-order valence-electron chi connectivity index (χ3n) is 4.54. The fourth-order valence-corrected chi connectivity index (χ4v) is 3.11. The molecule has 0 spiro atoms. The monoisotopic (exact) mass is 317 g/mol. The molecule has 0 aromatic carbocycles. The van der Waals surface area contributed by atoms with E-state index in [4.69, 9.17) is 11.5 Å². The number of likely N-dealkylation sites (N-methyl/N-ethyl adjacent to an activating group) is 1. The summed E-state index contributed by atoms with van der Waals surface area (Å²) in [4.78, 5) is 20.9. The summed E-state index contributed by atoms with van der Waals surface area (Å²) < 4.78 is 0. The molecular weight excluding hydrogens is 290 g/mol. The molecule has 2 aliphatic rings. The molecule has 2 rings (SSSR count).